The summed E-state index contributed by atoms with van der Waals surface area (Å²) in [5.41, 5.74) is 44.9. The fourth-order valence-corrected chi connectivity index (χ4v) is 32.1. The highest BCUT2D eigenvalue weighted by Crippen LogP contribution is 2.72. The van der Waals surface area contributed by atoms with Crippen molar-refractivity contribution in [2.75, 3.05) is 0 Å². The zero-order valence-electron chi connectivity index (χ0n) is 82.9. The van der Waals surface area contributed by atoms with E-state index in [-0.39, 0.29) is 10.8 Å². The van der Waals surface area contributed by atoms with Crippen molar-refractivity contribution in [1.29, 1.82) is 0 Å². The molecule has 7 nitrogen and oxygen atoms in total. The van der Waals surface area contributed by atoms with E-state index in [1.165, 1.54) is 246 Å². The first-order chi connectivity index (χ1) is 74.2. The summed E-state index contributed by atoms with van der Waals surface area (Å²) >= 11 is 0. The summed E-state index contributed by atoms with van der Waals surface area (Å²) in [5, 5.41) is 16.8. The Balaban J connectivity index is 0.000000128. The van der Waals surface area contributed by atoms with Crippen molar-refractivity contribution < 1.29 is 8.83 Å². The number of fused-ring (bicyclic) bond motifs is 25. The third-order valence-corrected chi connectivity index (χ3v) is 37.9. The zero-order valence-corrected chi connectivity index (χ0v) is 82.9. The van der Waals surface area contributed by atoms with Crippen molar-refractivity contribution in [3.8, 4) is 112 Å². The smallest absolute Gasteiger partial charge is 0.136 e. The molecule has 0 saturated heterocycles. The third-order valence-electron chi connectivity index (χ3n) is 37.9. The molecule has 150 heavy (non-hydrogen) atoms. The molecule has 0 amide bonds. The van der Waals surface area contributed by atoms with Crippen molar-refractivity contribution >= 4 is 142 Å². The molecule has 7 heteroatoms. The molecule has 37 rings (SSSR count). The van der Waals surface area contributed by atoms with Crippen LogP contribution in [-0.2, 0) is 10.8 Å². The van der Waals surface area contributed by atoms with E-state index in [0.717, 1.165) is 119 Å². The maximum atomic E-state index is 6.77. The quantitative estimate of drug-likeness (QED) is 0.137. The van der Waals surface area contributed by atoms with Crippen LogP contribution in [-0.4, -0.2) is 23.3 Å². The van der Waals surface area contributed by atoms with Crippen LogP contribution in [0.25, 0.3) is 254 Å². The minimum Gasteiger partial charge on any atom is -0.456 e. The van der Waals surface area contributed by atoms with Gasteiger partial charge in [-0.3, -0.25) is 4.98 Å². The van der Waals surface area contributed by atoms with Gasteiger partial charge in [0.2, 0.25) is 0 Å². The molecular weight excluding hydrogens is 1820 g/mol. The SMILES string of the molecule is c1ccc(-c2ccc(-c3cccc(-n4c5ccccc5c5cc(-c6ccc7c(c6)c6ccccc6n7-c6ccc7oc8cc(-c9ccc%10c(c9)C9(c%11ccccc%11-%10)C%10CC%11CC(C%10)CC9C%11)ccc8c7c6)ccc54)c3)cc2)cc1.c1ccc2c(c1)-c1ccc(-c3ccc4c(c3)oc3ccc(-n5c6ccccc6c6cc(-c7ccc8c(c7)c7ccccc7n8-c7cncc8ccccc78)ccc65)cc34)cc1C21C2CC3CC(C2)CC1C3. The van der Waals surface area contributed by atoms with Gasteiger partial charge in [-0.1, -0.05) is 273 Å². The van der Waals surface area contributed by atoms with E-state index in [1.54, 1.807) is 22.3 Å². The topological polar surface area (TPSA) is 58.9 Å². The number of rotatable bonds is 10. The van der Waals surface area contributed by atoms with Crippen LogP contribution in [0.2, 0.25) is 0 Å². The summed E-state index contributed by atoms with van der Waals surface area (Å²) < 4.78 is 23.2. The molecule has 2 spiro atoms. The van der Waals surface area contributed by atoms with E-state index in [4.69, 9.17) is 8.83 Å². The van der Waals surface area contributed by atoms with E-state index >= 15 is 0 Å². The number of para-hydroxylation sites is 4. The molecule has 0 radical (unpaired) electrons. The molecule has 0 unspecified atom stereocenters. The summed E-state index contributed by atoms with van der Waals surface area (Å²) in [6, 6.07) is 161. The molecule has 8 fully saturated rings. The molecule has 10 aliphatic rings. The summed E-state index contributed by atoms with van der Waals surface area (Å²) in [4.78, 5) is 4.67. The first-order valence-corrected chi connectivity index (χ1v) is 54.4. The van der Waals surface area contributed by atoms with Crippen molar-refractivity contribution in [1.82, 2.24) is 23.3 Å². The molecule has 8 bridgehead atoms. The van der Waals surface area contributed by atoms with Crippen LogP contribution in [0.1, 0.15) is 86.5 Å². The van der Waals surface area contributed by atoms with Gasteiger partial charge in [0, 0.05) is 109 Å². The largest absolute Gasteiger partial charge is 0.456 e. The number of aromatic nitrogens is 5. The van der Waals surface area contributed by atoms with Crippen LogP contribution in [0.3, 0.4) is 0 Å². The zero-order chi connectivity index (χ0) is 97.6. The molecule has 20 aromatic carbocycles. The lowest BCUT2D eigenvalue weighted by Gasteiger charge is -2.61. The third kappa shape index (κ3) is 12.0. The Labute approximate surface area is 867 Å². The first-order valence-electron chi connectivity index (χ1n) is 54.4. The van der Waals surface area contributed by atoms with Gasteiger partial charge in [0.25, 0.3) is 0 Å². The van der Waals surface area contributed by atoms with Crippen LogP contribution >= 0.6 is 0 Å². The number of furan rings is 2. The Morgan fingerprint density at radius 1 is 0.187 bits per heavy atom. The van der Waals surface area contributed by atoms with Crippen LogP contribution in [0.4, 0.5) is 0 Å². The van der Waals surface area contributed by atoms with Gasteiger partial charge in [0.05, 0.1) is 56.0 Å². The maximum absolute atomic E-state index is 6.77. The van der Waals surface area contributed by atoms with Crippen LogP contribution in [0.5, 0.6) is 0 Å². The summed E-state index contributed by atoms with van der Waals surface area (Å²) in [5.74, 6) is 6.68. The van der Waals surface area contributed by atoms with Gasteiger partial charge in [-0.2, -0.15) is 0 Å². The predicted octanol–water partition coefficient (Wildman–Crippen LogP) is 37.6. The molecule has 0 atom stereocenters. The fourth-order valence-electron chi connectivity index (χ4n) is 32.1. The lowest BCUT2D eigenvalue weighted by molar-refractivity contribution is -0.0399. The summed E-state index contributed by atoms with van der Waals surface area (Å²) in [7, 11) is 0. The molecule has 7 aromatic heterocycles. The van der Waals surface area contributed by atoms with Crippen LogP contribution < -0.4 is 0 Å². The molecule has 7 heterocycles. The molecule has 0 aliphatic heterocycles. The minimum atomic E-state index is 0.147. The van der Waals surface area contributed by atoms with Gasteiger partial charge in [-0.25, -0.2) is 0 Å². The van der Waals surface area contributed by atoms with Gasteiger partial charge in [0.1, 0.15) is 22.3 Å². The second kappa shape index (κ2) is 31.6. The Morgan fingerprint density at radius 3 is 0.960 bits per heavy atom. The fraction of sp³-hybridized carbons (Fsp3) is 0.140. The lowest BCUT2D eigenvalue weighted by Crippen LogP contribution is -2.55. The number of hydrogen-bond acceptors (Lipinski definition) is 3. The standard InChI is InChI=1S/C76H54N2O.C67H47N3O/c1-2-11-48(12-3-1)49-21-23-50(24-22-49)51-13-10-14-58(40-51)77-70-19-8-5-16-62(70)65-41-52(27-32-72(65)77)53-28-33-73-66(42-53)63-17-6-9-20-71(63)78(73)59-29-34-74-67(45-59)64-31-26-55(44-75(64)79-74)54-25-30-61-60-15-4-7-18-68(60)76(69(61)43-54)56-36-46-35-47(38-56)39-57(76)37-46;1-2-10-49-45(9-1)37-68-38-64(49)70-61-16-8-5-13-53(61)56-33-42(20-25-63(56)70)41-19-24-62-55(32-41)52-12-4-7-15-60(52)69(62)48-21-26-65-57(36-48)54-23-18-44(35-66(54)71-65)43-17-22-51-50-11-3-6-14-58(50)67(59(51)34-43)46-28-39-27-40(30-46)31-47(67)29-39/h1-34,40-47,56-57H,35-39H2;1-26,32-40,46-47H,27-31H2. The summed E-state index contributed by atoms with van der Waals surface area (Å²) in [6.45, 7) is 0. The van der Waals surface area contributed by atoms with Crippen molar-refractivity contribution in [2.45, 2.75) is 75.0 Å². The number of pyridine rings is 1. The van der Waals surface area contributed by atoms with E-state index in [2.05, 4.69) is 454 Å². The number of nitrogens with zero attached hydrogens (tertiary/aromatic N) is 5. The number of hydrogen-bond donors (Lipinski definition) is 0. The van der Waals surface area contributed by atoms with Crippen molar-refractivity contribution in [2.24, 2.45) is 47.3 Å². The first kappa shape index (κ1) is 83.7. The van der Waals surface area contributed by atoms with Crippen molar-refractivity contribution in [3.63, 3.8) is 0 Å². The molecule has 8 saturated carbocycles. The van der Waals surface area contributed by atoms with Gasteiger partial charge >= 0.3 is 0 Å². The molecule has 10 aliphatic carbocycles. The predicted molar refractivity (Wildman–Crippen MR) is 619 cm³/mol. The summed E-state index contributed by atoms with van der Waals surface area (Å²) in [6.07, 6.45) is 18.0. The highest BCUT2D eigenvalue weighted by Gasteiger charge is 2.63. The Bertz CT molecular complexity index is 10400. The Kier molecular flexibility index (Phi) is 17.6. The van der Waals surface area contributed by atoms with Gasteiger partial charge in [-0.05, 0) is 381 Å². The van der Waals surface area contributed by atoms with Crippen molar-refractivity contribution in [3.05, 3.63) is 465 Å². The van der Waals surface area contributed by atoms with E-state index in [9.17, 15) is 0 Å². The van der Waals surface area contributed by atoms with E-state index in [0.29, 0.717) is 0 Å². The normalized spacial score (nSPS) is 20.5. The maximum Gasteiger partial charge on any atom is 0.136 e. The molecule has 27 aromatic rings. The molecule has 710 valence electrons. The Morgan fingerprint density at radius 2 is 0.507 bits per heavy atom. The second-order valence-electron chi connectivity index (χ2n) is 45.2. The highest BCUT2D eigenvalue weighted by atomic mass is 16.3. The van der Waals surface area contributed by atoms with Gasteiger partial charge in [0.15, 0.2) is 0 Å². The molecular formula is C143H101N5O2. The van der Waals surface area contributed by atoms with E-state index in [1.807, 2.05) is 12.4 Å². The lowest BCUT2D eigenvalue weighted by atomic mass is 9.43. The molecule has 0 N–H and O–H groups in total. The average molecular weight is 1920 g/mol. The second-order valence-corrected chi connectivity index (χ2v) is 45.2. The Hall–Kier alpha value is -17.4. The van der Waals surface area contributed by atoms with Gasteiger partial charge < -0.3 is 27.1 Å². The minimum absolute atomic E-state index is 0.147. The van der Waals surface area contributed by atoms with Gasteiger partial charge in [-0.15, -0.1) is 0 Å². The monoisotopic (exact) mass is 1920 g/mol. The number of benzene rings is 20. The van der Waals surface area contributed by atoms with Crippen LogP contribution in [0, 0.1) is 47.3 Å². The van der Waals surface area contributed by atoms with Crippen LogP contribution in [0.15, 0.2) is 452 Å². The van der Waals surface area contributed by atoms with E-state index < -0.39 is 0 Å². The average Bonchev–Trinajstić information content (AvgIpc) is 1.50. The highest BCUT2D eigenvalue weighted by molar-refractivity contribution is 6.18.